The quantitative estimate of drug-likeness (QED) is 0.571. The molecule has 2 unspecified atom stereocenters. The fourth-order valence-corrected chi connectivity index (χ4v) is 1.76. The molecule has 0 aliphatic heterocycles. The Morgan fingerprint density at radius 1 is 1.28 bits per heavy atom. The van der Waals surface area contributed by atoms with Gasteiger partial charge in [-0.05, 0) is 6.92 Å². The van der Waals surface area contributed by atoms with Gasteiger partial charge in [0.15, 0.2) is 5.78 Å². The highest BCUT2D eigenvalue weighted by molar-refractivity contribution is 6.06. The lowest BCUT2D eigenvalue weighted by Crippen LogP contribution is -2.38. The molecule has 0 aromatic carbocycles. The number of rotatable bonds is 5. The molecule has 0 aromatic heterocycles. The Labute approximate surface area is 105 Å². The number of esters is 1. The van der Waals surface area contributed by atoms with Crippen molar-refractivity contribution in [3.8, 4) is 0 Å². The van der Waals surface area contributed by atoms with Gasteiger partial charge in [0.1, 0.15) is 12.2 Å². The van der Waals surface area contributed by atoms with E-state index in [1.165, 1.54) is 20.1 Å². The summed E-state index contributed by atoms with van der Waals surface area (Å²) in [5.41, 5.74) is -1.29. The van der Waals surface area contributed by atoms with E-state index in [0.29, 0.717) is 0 Å². The van der Waals surface area contributed by atoms with Gasteiger partial charge in [0.25, 0.3) is 0 Å². The molecule has 5 heteroatoms. The smallest absolute Gasteiger partial charge is 0.313 e. The number of ketones is 2. The number of hydrogen-bond acceptors (Lipinski definition) is 5. The third-order valence-electron chi connectivity index (χ3n) is 2.77. The molecule has 18 heavy (non-hydrogen) atoms. The van der Waals surface area contributed by atoms with Crippen LogP contribution in [0.15, 0.2) is 24.3 Å². The average molecular weight is 252 g/mol. The van der Waals surface area contributed by atoms with E-state index in [2.05, 4.69) is 4.74 Å². The molecule has 0 aromatic rings. The molecular weight excluding hydrogens is 236 g/mol. The number of methoxy groups -OCH3 is 1. The maximum Gasteiger partial charge on any atom is 0.313 e. The summed E-state index contributed by atoms with van der Waals surface area (Å²) < 4.78 is 4.34. The fraction of sp³-hybridized carbons (Fsp3) is 0.462. The van der Waals surface area contributed by atoms with Gasteiger partial charge in [-0.2, -0.15) is 0 Å². The van der Waals surface area contributed by atoms with Crippen molar-refractivity contribution < 1.29 is 24.2 Å². The van der Waals surface area contributed by atoms with Crippen molar-refractivity contribution in [3.63, 3.8) is 0 Å². The van der Waals surface area contributed by atoms with E-state index < -0.39 is 35.5 Å². The summed E-state index contributed by atoms with van der Waals surface area (Å²) in [6.07, 6.45) is 5.53. The van der Waals surface area contributed by atoms with Crippen LogP contribution in [-0.4, -0.2) is 35.4 Å². The maximum atomic E-state index is 11.9. The number of ether oxygens (including phenoxy) is 1. The first-order valence-corrected chi connectivity index (χ1v) is 5.56. The number of carbonyl (C=O) groups is 3. The molecule has 1 aliphatic rings. The number of allylic oxidation sites excluding steroid dienone is 2. The maximum absolute atomic E-state index is 11.9. The van der Waals surface area contributed by atoms with Crippen LogP contribution in [0.3, 0.4) is 0 Å². The van der Waals surface area contributed by atoms with Gasteiger partial charge < -0.3 is 9.84 Å². The zero-order chi connectivity index (χ0) is 13.8. The zero-order valence-corrected chi connectivity index (χ0v) is 10.4. The van der Waals surface area contributed by atoms with E-state index in [0.717, 1.165) is 0 Å². The van der Waals surface area contributed by atoms with E-state index >= 15 is 0 Å². The molecule has 5 nitrogen and oxygen atoms in total. The van der Waals surface area contributed by atoms with E-state index in [9.17, 15) is 19.5 Å². The summed E-state index contributed by atoms with van der Waals surface area (Å²) in [4.78, 5) is 34.2. The van der Waals surface area contributed by atoms with Crippen molar-refractivity contribution in [3.05, 3.63) is 24.3 Å². The van der Waals surface area contributed by atoms with E-state index in [-0.39, 0.29) is 6.42 Å². The summed E-state index contributed by atoms with van der Waals surface area (Å²) in [6.45, 7) is 1.50. The van der Waals surface area contributed by atoms with Gasteiger partial charge in [0.2, 0.25) is 0 Å². The molecule has 1 rings (SSSR count). The van der Waals surface area contributed by atoms with Crippen LogP contribution in [0.1, 0.15) is 19.8 Å². The Morgan fingerprint density at radius 3 is 2.50 bits per heavy atom. The molecule has 0 bridgehead atoms. The van der Waals surface area contributed by atoms with E-state index in [1.807, 2.05) is 0 Å². The molecule has 1 aliphatic carbocycles. The minimum absolute atomic E-state index is 0.381. The Morgan fingerprint density at radius 2 is 1.94 bits per heavy atom. The monoisotopic (exact) mass is 252 g/mol. The van der Waals surface area contributed by atoms with Crippen molar-refractivity contribution in [1.82, 2.24) is 0 Å². The number of carbonyl (C=O) groups excluding carboxylic acids is 3. The predicted molar refractivity (Wildman–Crippen MR) is 63.7 cm³/mol. The lowest BCUT2D eigenvalue weighted by atomic mass is 9.81. The SMILES string of the molecule is COC(=O)CC(=O)CC(=O)C1C=CC=CC1(C)O. The van der Waals surface area contributed by atoms with Gasteiger partial charge in [0.05, 0.1) is 25.0 Å². The van der Waals surface area contributed by atoms with Crippen LogP contribution in [0.2, 0.25) is 0 Å². The van der Waals surface area contributed by atoms with Crippen LogP contribution in [0.25, 0.3) is 0 Å². The van der Waals surface area contributed by atoms with Crippen LogP contribution in [-0.2, 0) is 19.1 Å². The van der Waals surface area contributed by atoms with Gasteiger partial charge in [-0.25, -0.2) is 0 Å². The van der Waals surface area contributed by atoms with Gasteiger partial charge >= 0.3 is 5.97 Å². The molecule has 0 saturated heterocycles. The fourth-order valence-electron chi connectivity index (χ4n) is 1.76. The Bertz CT molecular complexity index is 417. The second-order valence-corrected chi connectivity index (χ2v) is 4.38. The summed E-state index contributed by atoms with van der Waals surface area (Å²) in [7, 11) is 1.18. The predicted octanol–water partition coefficient (Wildman–Crippen LogP) is 0.571. The third kappa shape index (κ3) is 3.63. The summed E-state index contributed by atoms with van der Waals surface area (Å²) in [6, 6.07) is 0. The second-order valence-electron chi connectivity index (χ2n) is 4.38. The van der Waals surface area contributed by atoms with E-state index in [1.54, 1.807) is 18.2 Å². The molecule has 0 amide bonds. The van der Waals surface area contributed by atoms with Crippen LogP contribution >= 0.6 is 0 Å². The summed E-state index contributed by atoms with van der Waals surface area (Å²) in [5, 5.41) is 9.98. The van der Waals surface area contributed by atoms with Gasteiger partial charge in [-0.15, -0.1) is 0 Å². The summed E-state index contributed by atoms with van der Waals surface area (Å²) >= 11 is 0. The minimum atomic E-state index is -1.29. The number of hydrogen-bond donors (Lipinski definition) is 1. The van der Waals surface area contributed by atoms with Gasteiger partial charge in [0, 0.05) is 0 Å². The van der Waals surface area contributed by atoms with Crippen molar-refractivity contribution >= 4 is 17.5 Å². The molecule has 2 atom stereocenters. The minimum Gasteiger partial charge on any atom is -0.469 e. The molecule has 98 valence electrons. The highest BCUT2D eigenvalue weighted by Crippen LogP contribution is 2.25. The first kappa shape index (κ1) is 14.3. The highest BCUT2D eigenvalue weighted by Gasteiger charge is 2.35. The standard InChI is InChI=1S/C13H16O5/c1-13(17)6-4-3-5-10(13)11(15)7-9(14)8-12(16)18-2/h3-6,10,17H,7-8H2,1-2H3. The Balaban J connectivity index is 2.61. The number of Topliss-reactive ketones (excluding diaryl/α,β-unsaturated/α-hetero) is 2. The first-order valence-electron chi connectivity index (χ1n) is 5.56. The molecule has 0 fully saturated rings. The normalized spacial score (nSPS) is 25.8. The van der Waals surface area contributed by atoms with Crippen molar-refractivity contribution in [1.29, 1.82) is 0 Å². The van der Waals surface area contributed by atoms with Crippen LogP contribution in [0, 0.1) is 5.92 Å². The Kier molecular flexibility index (Phi) is 4.55. The van der Waals surface area contributed by atoms with Crippen molar-refractivity contribution in [2.24, 2.45) is 5.92 Å². The number of aliphatic hydroxyl groups is 1. The molecule has 0 heterocycles. The second kappa shape index (κ2) is 5.73. The molecule has 1 N–H and O–H groups in total. The largest absolute Gasteiger partial charge is 0.469 e. The zero-order valence-electron chi connectivity index (χ0n) is 10.4. The van der Waals surface area contributed by atoms with Gasteiger partial charge in [-0.1, -0.05) is 24.3 Å². The molecule has 0 spiro atoms. The lowest BCUT2D eigenvalue weighted by Gasteiger charge is -2.28. The highest BCUT2D eigenvalue weighted by atomic mass is 16.5. The molecule has 0 radical (unpaired) electrons. The molecule has 0 saturated carbocycles. The topological polar surface area (TPSA) is 80.7 Å². The van der Waals surface area contributed by atoms with E-state index in [4.69, 9.17) is 0 Å². The molecular formula is C13H16O5. The Hall–Kier alpha value is -1.75. The van der Waals surface area contributed by atoms with Crippen molar-refractivity contribution in [2.75, 3.05) is 7.11 Å². The van der Waals surface area contributed by atoms with Gasteiger partial charge in [-0.3, -0.25) is 14.4 Å². The van der Waals surface area contributed by atoms with Crippen LogP contribution < -0.4 is 0 Å². The lowest BCUT2D eigenvalue weighted by molar-refractivity contribution is -0.143. The average Bonchev–Trinajstić information content (AvgIpc) is 2.27. The first-order chi connectivity index (χ1) is 8.36. The third-order valence-corrected chi connectivity index (χ3v) is 2.77. The van der Waals surface area contributed by atoms with Crippen LogP contribution in [0.5, 0.6) is 0 Å². The summed E-state index contributed by atoms with van der Waals surface area (Å²) in [5.74, 6) is -2.34. The van der Waals surface area contributed by atoms with Crippen molar-refractivity contribution in [2.45, 2.75) is 25.4 Å². The van der Waals surface area contributed by atoms with Crippen LogP contribution in [0.4, 0.5) is 0 Å².